The van der Waals surface area contributed by atoms with E-state index in [1.54, 1.807) is 0 Å². The Bertz CT molecular complexity index is 392. The highest BCUT2D eigenvalue weighted by Gasteiger charge is 2.68. The molecule has 2 aliphatic heterocycles. The quantitative estimate of drug-likeness (QED) is 0.451. The van der Waals surface area contributed by atoms with Crippen LogP contribution in [0.5, 0.6) is 0 Å². The lowest BCUT2D eigenvalue weighted by Gasteiger charge is -2.43. The summed E-state index contributed by atoms with van der Waals surface area (Å²) < 4.78 is 28.8. The fourth-order valence-electron chi connectivity index (χ4n) is 2.31. The minimum Gasteiger partial charge on any atom is -0.387 e. The number of ether oxygens (including phenoxy) is 1. The molecule has 5 atom stereocenters. The van der Waals surface area contributed by atoms with Crippen LogP contribution in [0.2, 0.25) is 0 Å². The molecular weight excluding hydrogens is 224 g/mol. The van der Waals surface area contributed by atoms with Crippen molar-refractivity contribution in [1.29, 1.82) is 0 Å². The van der Waals surface area contributed by atoms with E-state index in [0.29, 0.717) is 0 Å². The number of fused-ring (bicyclic) bond motifs is 2. The number of aliphatic hydroxyl groups is 3. The molecule has 0 spiro atoms. The average molecular weight is 238 g/mol. The maximum atomic E-state index is 11.8. The fourth-order valence-corrected chi connectivity index (χ4v) is 4.41. The molecule has 15 heavy (non-hydrogen) atoms. The molecule has 0 aliphatic carbocycles. The molecule has 2 rings (SSSR count). The smallest absolute Gasteiger partial charge is 0.195 e. The minimum absolute atomic E-state index is 0.397. The van der Waals surface area contributed by atoms with E-state index in [2.05, 4.69) is 0 Å². The van der Waals surface area contributed by atoms with Crippen molar-refractivity contribution in [1.82, 2.24) is 0 Å². The predicted molar refractivity (Wildman–Crippen MR) is 49.7 cm³/mol. The minimum atomic E-state index is -3.69. The molecule has 0 amide bonds. The molecule has 2 aliphatic rings. The van der Waals surface area contributed by atoms with Crippen LogP contribution in [0.3, 0.4) is 0 Å². The van der Waals surface area contributed by atoms with Gasteiger partial charge in [-0.3, -0.25) is 0 Å². The Kier molecular flexibility index (Phi) is 2.05. The van der Waals surface area contributed by atoms with Crippen molar-refractivity contribution < 1.29 is 28.5 Å². The highest BCUT2D eigenvalue weighted by Crippen LogP contribution is 2.47. The van der Waals surface area contributed by atoms with Gasteiger partial charge >= 0.3 is 0 Å². The lowest BCUT2D eigenvalue weighted by molar-refractivity contribution is -0.253. The first-order valence-corrected chi connectivity index (χ1v) is 6.26. The predicted octanol–water partition coefficient (Wildman–Crippen LogP) is -2.00. The Hall–Kier alpha value is -0.210. The molecule has 2 heterocycles. The van der Waals surface area contributed by atoms with Gasteiger partial charge in [0.1, 0.15) is 23.9 Å². The van der Waals surface area contributed by atoms with Gasteiger partial charge in [0.2, 0.25) is 0 Å². The largest absolute Gasteiger partial charge is 0.387 e. The van der Waals surface area contributed by atoms with Crippen LogP contribution in [0.15, 0.2) is 0 Å². The number of rotatable bonds is 0. The maximum absolute atomic E-state index is 11.8. The standard InChI is InChI=1S/C8H14O6S/c1-7-3-15(12,13)8(2,14-7)6(11)4(9)5(7)10/h4-6,9-11H,3H2,1-2H3. The maximum Gasteiger partial charge on any atom is 0.195 e. The Morgan fingerprint density at radius 2 is 1.73 bits per heavy atom. The summed E-state index contributed by atoms with van der Waals surface area (Å²) in [4.78, 5) is -1.82. The van der Waals surface area contributed by atoms with Crippen molar-refractivity contribution >= 4 is 9.84 Å². The van der Waals surface area contributed by atoms with E-state index in [9.17, 15) is 23.7 Å². The van der Waals surface area contributed by atoms with E-state index in [1.807, 2.05) is 0 Å². The SMILES string of the molecule is CC12CS(=O)(=O)C(C)(O1)C(O)C(O)C2O. The molecule has 3 N–H and O–H groups in total. The monoisotopic (exact) mass is 238 g/mol. The zero-order valence-electron chi connectivity index (χ0n) is 8.41. The summed E-state index contributed by atoms with van der Waals surface area (Å²) in [6, 6.07) is 0. The summed E-state index contributed by atoms with van der Waals surface area (Å²) in [5.41, 5.74) is -1.34. The van der Waals surface area contributed by atoms with Crippen LogP contribution < -0.4 is 0 Å². The van der Waals surface area contributed by atoms with E-state index in [4.69, 9.17) is 4.74 Å². The zero-order chi connectivity index (χ0) is 11.6. The van der Waals surface area contributed by atoms with Crippen molar-refractivity contribution in [3.8, 4) is 0 Å². The van der Waals surface area contributed by atoms with E-state index < -0.39 is 44.4 Å². The first kappa shape index (κ1) is 11.3. The van der Waals surface area contributed by atoms with Crippen LogP contribution in [0.4, 0.5) is 0 Å². The van der Waals surface area contributed by atoms with Gasteiger partial charge in [-0.25, -0.2) is 8.42 Å². The van der Waals surface area contributed by atoms with Crippen LogP contribution in [-0.4, -0.2) is 58.3 Å². The van der Waals surface area contributed by atoms with Gasteiger partial charge in [0.05, 0.1) is 5.75 Å². The summed E-state index contributed by atoms with van der Waals surface area (Å²) in [5.74, 6) is -0.397. The molecule has 0 saturated carbocycles. The average Bonchev–Trinajstić information content (AvgIpc) is 2.28. The molecule has 2 saturated heterocycles. The molecule has 7 heteroatoms. The molecular formula is C8H14O6S. The normalized spacial score (nSPS) is 58.1. The highest BCUT2D eigenvalue weighted by molar-refractivity contribution is 7.93. The van der Waals surface area contributed by atoms with Crippen molar-refractivity contribution in [3.05, 3.63) is 0 Å². The molecule has 2 bridgehead atoms. The molecule has 6 nitrogen and oxygen atoms in total. The summed E-state index contributed by atoms with van der Waals surface area (Å²) >= 11 is 0. The summed E-state index contributed by atoms with van der Waals surface area (Å²) in [5, 5.41) is 28.8. The molecule has 2 fully saturated rings. The van der Waals surface area contributed by atoms with Gasteiger partial charge in [-0.1, -0.05) is 0 Å². The molecule has 0 aromatic rings. The van der Waals surface area contributed by atoms with E-state index >= 15 is 0 Å². The van der Waals surface area contributed by atoms with Crippen LogP contribution in [0.25, 0.3) is 0 Å². The van der Waals surface area contributed by atoms with Gasteiger partial charge in [-0.15, -0.1) is 0 Å². The third kappa shape index (κ3) is 1.15. The third-order valence-corrected chi connectivity index (χ3v) is 5.85. The van der Waals surface area contributed by atoms with Crippen molar-refractivity contribution in [2.24, 2.45) is 0 Å². The summed E-state index contributed by atoms with van der Waals surface area (Å²) in [6.45, 7) is 2.63. The molecule has 5 unspecified atom stereocenters. The lowest BCUT2D eigenvalue weighted by atomic mass is 9.88. The van der Waals surface area contributed by atoms with Gasteiger partial charge in [-0.05, 0) is 13.8 Å². The van der Waals surface area contributed by atoms with Gasteiger partial charge in [-0.2, -0.15) is 0 Å². The molecule has 0 radical (unpaired) electrons. The van der Waals surface area contributed by atoms with Crippen LogP contribution in [-0.2, 0) is 14.6 Å². The number of sulfone groups is 1. The van der Waals surface area contributed by atoms with Gasteiger partial charge in [0.25, 0.3) is 0 Å². The fraction of sp³-hybridized carbons (Fsp3) is 1.00. The zero-order valence-corrected chi connectivity index (χ0v) is 9.23. The summed E-state index contributed by atoms with van der Waals surface area (Å²) in [6.07, 6.45) is -4.54. The third-order valence-electron chi connectivity index (χ3n) is 3.34. The lowest BCUT2D eigenvalue weighted by Crippen LogP contribution is -2.64. The van der Waals surface area contributed by atoms with E-state index in [0.717, 1.165) is 0 Å². The van der Waals surface area contributed by atoms with Crippen LogP contribution >= 0.6 is 0 Å². The Labute approximate surface area is 87.4 Å². The van der Waals surface area contributed by atoms with Crippen molar-refractivity contribution in [3.63, 3.8) is 0 Å². The Morgan fingerprint density at radius 1 is 1.20 bits per heavy atom. The number of hydrogen-bond acceptors (Lipinski definition) is 6. The van der Waals surface area contributed by atoms with Gasteiger partial charge in [0, 0.05) is 0 Å². The van der Waals surface area contributed by atoms with Crippen molar-refractivity contribution in [2.45, 2.75) is 42.7 Å². The van der Waals surface area contributed by atoms with Gasteiger partial charge in [0.15, 0.2) is 14.8 Å². The Morgan fingerprint density at radius 3 is 2.27 bits per heavy atom. The second kappa shape index (κ2) is 2.72. The highest BCUT2D eigenvalue weighted by atomic mass is 32.2. The van der Waals surface area contributed by atoms with E-state index in [-0.39, 0.29) is 0 Å². The second-order valence-corrected chi connectivity index (χ2v) is 6.90. The number of hydrogen-bond donors (Lipinski definition) is 3. The van der Waals surface area contributed by atoms with Gasteiger partial charge < -0.3 is 20.1 Å². The first-order valence-electron chi connectivity index (χ1n) is 4.61. The van der Waals surface area contributed by atoms with Crippen LogP contribution in [0.1, 0.15) is 13.8 Å². The first-order chi connectivity index (χ1) is 6.64. The molecule has 0 aromatic carbocycles. The Balaban J connectivity index is 2.58. The van der Waals surface area contributed by atoms with Crippen molar-refractivity contribution in [2.75, 3.05) is 5.75 Å². The number of aliphatic hydroxyl groups excluding tert-OH is 3. The van der Waals surface area contributed by atoms with E-state index in [1.165, 1.54) is 13.8 Å². The van der Waals surface area contributed by atoms with Crippen LogP contribution in [0, 0.1) is 0 Å². The summed E-state index contributed by atoms with van der Waals surface area (Å²) in [7, 11) is -3.69. The molecule has 0 aromatic heterocycles. The second-order valence-electron chi connectivity index (χ2n) is 4.57. The topological polar surface area (TPSA) is 104 Å². The molecule has 88 valence electrons.